The summed E-state index contributed by atoms with van der Waals surface area (Å²) in [6.07, 6.45) is 3.26. The van der Waals surface area contributed by atoms with E-state index in [1.54, 1.807) is 7.11 Å². The molecule has 1 saturated heterocycles. The molecule has 0 spiro atoms. The fraction of sp³-hybridized carbons (Fsp3) is 0.529. The van der Waals surface area contributed by atoms with E-state index in [9.17, 15) is 4.79 Å². The highest BCUT2D eigenvalue weighted by Gasteiger charge is 2.17. The van der Waals surface area contributed by atoms with Crippen LogP contribution in [0.5, 0.6) is 0 Å². The Labute approximate surface area is 148 Å². The Morgan fingerprint density at radius 1 is 1.50 bits per heavy atom. The number of halogens is 1. The number of hydrogen-bond donors (Lipinski definition) is 2. The lowest BCUT2D eigenvalue weighted by molar-refractivity contribution is 0.0936. The van der Waals surface area contributed by atoms with Crippen LogP contribution in [0.15, 0.2) is 18.3 Å². The first-order valence-corrected chi connectivity index (χ1v) is 8.13. The topological polar surface area (TPSA) is 68.2 Å². The molecule has 1 atom stereocenters. The average Bonchev–Trinajstić information content (AvgIpc) is 3.18. The number of aromatic nitrogens is 2. The van der Waals surface area contributed by atoms with E-state index in [0.29, 0.717) is 24.6 Å². The highest BCUT2D eigenvalue weighted by atomic mass is 35.5. The molecule has 2 aromatic rings. The summed E-state index contributed by atoms with van der Waals surface area (Å²) in [6, 6.07) is 3.78. The number of aryl methyl sites for hydroxylation is 1. The number of carbonyl (C=O) groups is 1. The van der Waals surface area contributed by atoms with Crippen LogP contribution in [-0.4, -0.2) is 49.0 Å². The van der Waals surface area contributed by atoms with Crippen molar-refractivity contribution in [2.75, 3.05) is 33.4 Å². The number of hydrogen-bond acceptors (Lipinski definition) is 4. The van der Waals surface area contributed by atoms with Crippen LogP contribution in [0.3, 0.4) is 0 Å². The van der Waals surface area contributed by atoms with Gasteiger partial charge in [-0.2, -0.15) is 5.10 Å². The van der Waals surface area contributed by atoms with Gasteiger partial charge < -0.3 is 15.4 Å². The molecule has 24 heavy (non-hydrogen) atoms. The lowest BCUT2D eigenvalue weighted by Crippen LogP contribution is -2.27. The molecule has 0 saturated carbocycles. The first-order valence-electron chi connectivity index (χ1n) is 8.13. The van der Waals surface area contributed by atoms with Crippen LogP contribution in [0, 0.1) is 12.8 Å². The number of rotatable bonds is 6. The van der Waals surface area contributed by atoms with Gasteiger partial charge in [-0.15, -0.1) is 12.4 Å². The monoisotopic (exact) mass is 352 g/mol. The highest BCUT2D eigenvalue weighted by molar-refractivity contribution is 6.00. The molecule has 3 rings (SSSR count). The minimum atomic E-state index is -0.0609. The summed E-state index contributed by atoms with van der Waals surface area (Å²) in [5, 5.41) is 12.0. The summed E-state index contributed by atoms with van der Waals surface area (Å²) in [6.45, 7) is 6.09. The van der Waals surface area contributed by atoms with Crippen LogP contribution in [0.2, 0.25) is 0 Å². The van der Waals surface area contributed by atoms with E-state index in [-0.39, 0.29) is 18.3 Å². The second kappa shape index (κ2) is 8.46. The van der Waals surface area contributed by atoms with Gasteiger partial charge in [0.15, 0.2) is 0 Å². The van der Waals surface area contributed by atoms with E-state index in [2.05, 4.69) is 21.9 Å². The zero-order chi connectivity index (χ0) is 16.2. The van der Waals surface area contributed by atoms with Gasteiger partial charge in [-0.3, -0.25) is 9.48 Å². The van der Waals surface area contributed by atoms with Crippen molar-refractivity contribution in [1.29, 1.82) is 0 Å². The number of amides is 1. The van der Waals surface area contributed by atoms with Gasteiger partial charge in [-0.25, -0.2) is 0 Å². The number of fused-ring (bicyclic) bond motifs is 1. The van der Waals surface area contributed by atoms with Crippen LogP contribution in [-0.2, 0) is 11.3 Å². The number of nitrogens with zero attached hydrogens (tertiary/aromatic N) is 2. The Bertz CT molecular complexity index is 695. The normalized spacial score (nSPS) is 17.0. The number of carbonyl (C=O) groups excluding carboxylic acids is 1. The quantitative estimate of drug-likeness (QED) is 0.777. The summed E-state index contributed by atoms with van der Waals surface area (Å²) < 4.78 is 6.98. The van der Waals surface area contributed by atoms with Crippen molar-refractivity contribution in [2.45, 2.75) is 19.9 Å². The fourth-order valence-corrected chi connectivity index (χ4v) is 3.12. The molecule has 0 bridgehead atoms. The van der Waals surface area contributed by atoms with Gasteiger partial charge >= 0.3 is 0 Å². The van der Waals surface area contributed by atoms with Gasteiger partial charge in [-0.1, -0.05) is 0 Å². The lowest BCUT2D eigenvalue weighted by Gasteiger charge is -2.07. The van der Waals surface area contributed by atoms with Gasteiger partial charge in [0.05, 0.1) is 12.1 Å². The Morgan fingerprint density at radius 2 is 2.33 bits per heavy atom. The van der Waals surface area contributed by atoms with Gasteiger partial charge in [-0.05, 0) is 50.0 Å². The molecule has 6 nitrogen and oxygen atoms in total. The van der Waals surface area contributed by atoms with Crippen molar-refractivity contribution in [3.05, 3.63) is 29.5 Å². The van der Waals surface area contributed by atoms with Crippen molar-refractivity contribution >= 4 is 29.2 Å². The summed E-state index contributed by atoms with van der Waals surface area (Å²) in [7, 11) is 1.62. The molecule has 132 valence electrons. The fourth-order valence-electron chi connectivity index (χ4n) is 3.12. The van der Waals surface area contributed by atoms with E-state index in [4.69, 9.17) is 4.74 Å². The van der Waals surface area contributed by atoms with Crippen LogP contribution < -0.4 is 10.6 Å². The molecule has 2 heterocycles. The predicted molar refractivity (Wildman–Crippen MR) is 96.9 cm³/mol. The molecule has 0 unspecified atom stereocenters. The third-order valence-electron chi connectivity index (χ3n) is 4.45. The van der Waals surface area contributed by atoms with E-state index < -0.39 is 0 Å². The standard InChI is InChI=1S/C17H24N4O2.ClH/c1-12-14(17(22)19-7-8-23-2)3-4-16-15(12)11-21(20-16)10-13-5-6-18-9-13;/h3-4,11,13,18H,5-10H2,1-2H3,(H,19,22);1H/t13-;/m0./s1. The molecule has 0 aliphatic carbocycles. The molecule has 0 radical (unpaired) electrons. The summed E-state index contributed by atoms with van der Waals surface area (Å²) in [4.78, 5) is 12.3. The van der Waals surface area contributed by atoms with Gasteiger partial charge in [0.1, 0.15) is 0 Å². The molecule has 2 N–H and O–H groups in total. The number of nitrogens with one attached hydrogen (secondary N) is 2. The molecule has 7 heteroatoms. The minimum absolute atomic E-state index is 0. The van der Waals surface area contributed by atoms with E-state index in [1.165, 1.54) is 6.42 Å². The van der Waals surface area contributed by atoms with Crippen molar-refractivity contribution in [3.63, 3.8) is 0 Å². The second-order valence-electron chi connectivity index (χ2n) is 6.13. The smallest absolute Gasteiger partial charge is 0.251 e. The number of ether oxygens (including phenoxy) is 1. The molecule has 1 aromatic carbocycles. The Balaban J connectivity index is 0.00000208. The largest absolute Gasteiger partial charge is 0.383 e. The van der Waals surface area contributed by atoms with Crippen LogP contribution in [0.25, 0.3) is 10.9 Å². The molecule has 1 aliphatic rings. The first kappa shape index (κ1) is 18.7. The zero-order valence-electron chi connectivity index (χ0n) is 14.2. The van der Waals surface area contributed by atoms with Crippen molar-refractivity contribution in [2.24, 2.45) is 5.92 Å². The maximum Gasteiger partial charge on any atom is 0.251 e. The minimum Gasteiger partial charge on any atom is -0.383 e. The molecule has 1 aliphatic heterocycles. The second-order valence-corrected chi connectivity index (χ2v) is 6.13. The van der Waals surface area contributed by atoms with Crippen LogP contribution >= 0.6 is 12.4 Å². The van der Waals surface area contributed by atoms with Gasteiger partial charge in [0, 0.05) is 37.3 Å². The van der Waals surface area contributed by atoms with E-state index in [0.717, 1.165) is 36.1 Å². The van der Waals surface area contributed by atoms with Crippen molar-refractivity contribution in [3.8, 4) is 0 Å². The third-order valence-corrected chi connectivity index (χ3v) is 4.45. The third kappa shape index (κ3) is 4.06. The van der Waals surface area contributed by atoms with Gasteiger partial charge in [0.2, 0.25) is 0 Å². The van der Waals surface area contributed by atoms with Crippen LogP contribution in [0.4, 0.5) is 0 Å². The summed E-state index contributed by atoms with van der Waals surface area (Å²) in [5.74, 6) is 0.579. The number of benzene rings is 1. The molecule has 1 amide bonds. The molecular weight excluding hydrogens is 328 g/mol. The first-order chi connectivity index (χ1) is 11.2. The van der Waals surface area contributed by atoms with Crippen molar-refractivity contribution in [1.82, 2.24) is 20.4 Å². The predicted octanol–water partition coefficient (Wildman–Crippen LogP) is 1.75. The maximum absolute atomic E-state index is 12.3. The maximum atomic E-state index is 12.3. The highest BCUT2D eigenvalue weighted by Crippen LogP contribution is 2.22. The lowest BCUT2D eigenvalue weighted by atomic mass is 10.0. The van der Waals surface area contributed by atoms with E-state index >= 15 is 0 Å². The Morgan fingerprint density at radius 3 is 3.04 bits per heavy atom. The zero-order valence-corrected chi connectivity index (χ0v) is 15.0. The Kier molecular flexibility index (Phi) is 6.60. The Hall–Kier alpha value is -1.63. The SMILES string of the molecule is COCCNC(=O)c1ccc2nn(C[C@H]3CCNC3)cc2c1C.Cl. The molecule has 1 fully saturated rings. The summed E-state index contributed by atoms with van der Waals surface area (Å²) >= 11 is 0. The van der Waals surface area contributed by atoms with Crippen LogP contribution in [0.1, 0.15) is 22.3 Å². The summed E-state index contributed by atoms with van der Waals surface area (Å²) in [5.41, 5.74) is 2.63. The number of methoxy groups -OCH3 is 1. The van der Waals surface area contributed by atoms with E-state index in [1.807, 2.05) is 23.7 Å². The molecule has 1 aromatic heterocycles. The average molecular weight is 353 g/mol. The molecular formula is C17H25ClN4O2. The van der Waals surface area contributed by atoms with Gasteiger partial charge in [0.25, 0.3) is 5.91 Å². The van der Waals surface area contributed by atoms with Crippen molar-refractivity contribution < 1.29 is 9.53 Å².